The van der Waals surface area contributed by atoms with Gasteiger partial charge in [-0.1, -0.05) is 58.4 Å². The normalized spacial score (nSPS) is 11.2. The third-order valence-electron chi connectivity index (χ3n) is 5.39. The van der Waals surface area contributed by atoms with Crippen LogP contribution in [0.4, 0.5) is 0 Å². The molecule has 0 radical (unpaired) electrons. The van der Waals surface area contributed by atoms with Crippen LogP contribution in [-0.4, -0.2) is 14.3 Å². The minimum Gasteiger partial charge on any atom is -0.489 e. The van der Waals surface area contributed by atoms with Gasteiger partial charge in [-0.2, -0.15) is 0 Å². The van der Waals surface area contributed by atoms with Gasteiger partial charge in [-0.3, -0.25) is 0 Å². The maximum atomic E-state index is 12.0. The van der Waals surface area contributed by atoms with Crippen molar-refractivity contribution in [1.29, 1.82) is 0 Å². The molecular formula is C25H20BrN3O4. The van der Waals surface area contributed by atoms with Crippen LogP contribution in [0.15, 0.2) is 97.6 Å². The number of ether oxygens (including phenoxy) is 1. The summed E-state index contributed by atoms with van der Waals surface area (Å²) in [5.41, 5.74) is 3.48. The molecule has 1 N–H and O–H groups in total. The summed E-state index contributed by atoms with van der Waals surface area (Å²) in [6.07, 6.45) is 1.98. The Morgan fingerprint density at radius 2 is 1.70 bits per heavy atom. The molecule has 0 aliphatic carbocycles. The van der Waals surface area contributed by atoms with Crippen LogP contribution in [0.5, 0.6) is 5.75 Å². The summed E-state index contributed by atoms with van der Waals surface area (Å²) < 4.78 is 15.2. The van der Waals surface area contributed by atoms with E-state index in [0.717, 1.165) is 36.8 Å². The summed E-state index contributed by atoms with van der Waals surface area (Å²) in [6.45, 7) is 1.24. The number of nitrogens with one attached hydrogen (secondary N) is 1. The fourth-order valence-corrected chi connectivity index (χ4v) is 4.06. The number of fused-ring (bicyclic) bond motifs is 1. The van der Waals surface area contributed by atoms with Gasteiger partial charge in [0, 0.05) is 33.7 Å². The monoisotopic (exact) mass is 505 g/mol. The van der Waals surface area contributed by atoms with Gasteiger partial charge in [-0.05, 0) is 41.5 Å². The first-order valence-electron chi connectivity index (χ1n) is 10.4. The largest absolute Gasteiger partial charge is 0.489 e. The van der Waals surface area contributed by atoms with Gasteiger partial charge in [0.15, 0.2) is 0 Å². The van der Waals surface area contributed by atoms with E-state index in [0.29, 0.717) is 18.9 Å². The van der Waals surface area contributed by atoms with Crippen molar-refractivity contribution in [3.05, 3.63) is 121 Å². The average Bonchev–Trinajstić information content (AvgIpc) is 3.32. The van der Waals surface area contributed by atoms with Crippen LogP contribution >= 0.6 is 15.9 Å². The Morgan fingerprint density at radius 1 is 0.909 bits per heavy atom. The highest BCUT2D eigenvalue weighted by atomic mass is 79.9. The summed E-state index contributed by atoms with van der Waals surface area (Å²) >= 11 is 3.44. The molecule has 0 saturated carbocycles. The van der Waals surface area contributed by atoms with E-state index in [2.05, 4.69) is 37.6 Å². The molecule has 0 fully saturated rings. The van der Waals surface area contributed by atoms with E-state index in [1.807, 2.05) is 66.9 Å². The van der Waals surface area contributed by atoms with Crippen molar-refractivity contribution in [3.63, 3.8) is 0 Å². The Hall–Kier alpha value is -3.78. The molecule has 0 aliphatic heterocycles. The Balaban J connectivity index is 1.50. The standard InChI is InChI=1S/C25H20BrN3O4/c26-20-8-6-18(7-9-20)16-32-21-10-11-23-22(12-21)19(15-29-24(30)27-25(31)33-29)14-28(23)13-17-4-2-1-3-5-17/h1-12,14H,13,15-16H2,(H,27,30,31). The first-order valence-corrected chi connectivity index (χ1v) is 11.2. The van der Waals surface area contributed by atoms with Crippen molar-refractivity contribution >= 4 is 26.8 Å². The van der Waals surface area contributed by atoms with Crippen LogP contribution in [0.25, 0.3) is 10.9 Å². The predicted octanol–water partition coefficient (Wildman–Crippen LogP) is 4.52. The van der Waals surface area contributed by atoms with Gasteiger partial charge in [0.2, 0.25) is 0 Å². The molecule has 3 aromatic carbocycles. The number of benzene rings is 3. The molecule has 7 nitrogen and oxygen atoms in total. The number of halogens is 1. The second-order valence-electron chi connectivity index (χ2n) is 7.71. The molecule has 0 atom stereocenters. The number of rotatable bonds is 7. The highest BCUT2D eigenvalue weighted by Gasteiger charge is 2.14. The maximum absolute atomic E-state index is 12.0. The number of H-pyrrole nitrogens is 1. The second kappa shape index (κ2) is 8.99. The summed E-state index contributed by atoms with van der Waals surface area (Å²) in [4.78, 5) is 25.6. The number of aromatic nitrogens is 3. The summed E-state index contributed by atoms with van der Waals surface area (Å²) in [5, 5.41) is 0.926. The van der Waals surface area contributed by atoms with Crippen LogP contribution in [0.1, 0.15) is 16.7 Å². The van der Waals surface area contributed by atoms with Crippen LogP contribution in [0.2, 0.25) is 0 Å². The van der Waals surface area contributed by atoms with Gasteiger partial charge in [-0.25, -0.2) is 14.6 Å². The van der Waals surface area contributed by atoms with Gasteiger partial charge in [0.1, 0.15) is 12.4 Å². The second-order valence-corrected chi connectivity index (χ2v) is 8.62. The molecule has 0 spiro atoms. The third-order valence-corrected chi connectivity index (χ3v) is 5.92. The maximum Gasteiger partial charge on any atom is 0.440 e. The number of aromatic amines is 1. The zero-order valence-corrected chi connectivity index (χ0v) is 19.1. The van der Waals surface area contributed by atoms with E-state index >= 15 is 0 Å². The summed E-state index contributed by atoms with van der Waals surface area (Å²) in [7, 11) is 0. The Bertz CT molecular complexity index is 1510. The quantitative estimate of drug-likeness (QED) is 0.352. The van der Waals surface area contributed by atoms with E-state index < -0.39 is 11.4 Å². The lowest BCUT2D eigenvalue weighted by Crippen LogP contribution is -2.17. The number of hydrogen-bond acceptors (Lipinski definition) is 4. The van der Waals surface area contributed by atoms with Crippen molar-refractivity contribution < 1.29 is 9.26 Å². The van der Waals surface area contributed by atoms with Crippen molar-refractivity contribution in [2.75, 3.05) is 0 Å². The van der Waals surface area contributed by atoms with Gasteiger partial charge < -0.3 is 13.8 Å². The molecule has 0 bridgehead atoms. The van der Waals surface area contributed by atoms with Gasteiger partial charge in [0.25, 0.3) is 0 Å². The summed E-state index contributed by atoms with van der Waals surface area (Å²) in [6, 6.07) is 24.0. The van der Waals surface area contributed by atoms with Crippen molar-refractivity contribution in [2.24, 2.45) is 0 Å². The molecule has 0 unspecified atom stereocenters. The predicted molar refractivity (Wildman–Crippen MR) is 129 cm³/mol. The van der Waals surface area contributed by atoms with E-state index in [9.17, 15) is 9.59 Å². The van der Waals surface area contributed by atoms with Gasteiger partial charge in [-0.15, -0.1) is 4.74 Å². The zero-order chi connectivity index (χ0) is 22.8. The van der Waals surface area contributed by atoms with E-state index in [1.54, 1.807) is 0 Å². The molecule has 33 heavy (non-hydrogen) atoms. The molecular weight excluding hydrogens is 486 g/mol. The van der Waals surface area contributed by atoms with Crippen molar-refractivity contribution in [1.82, 2.24) is 14.3 Å². The Kier molecular flexibility index (Phi) is 5.75. The first-order chi connectivity index (χ1) is 16.0. The molecule has 8 heteroatoms. The molecule has 0 aliphatic rings. The average molecular weight is 506 g/mol. The minimum absolute atomic E-state index is 0.131. The SMILES string of the molecule is O=c1[nH]c(=O)n(Cc2cn(Cc3ccccc3)c3ccc(OCc4ccc(Br)cc4)cc23)o1. The van der Waals surface area contributed by atoms with Crippen LogP contribution in [0, 0.1) is 0 Å². The molecule has 5 aromatic rings. The van der Waals surface area contributed by atoms with Crippen molar-refractivity contribution in [2.45, 2.75) is 19.7 Å². The molecule has 2 aromatic heterocycles. The lowest BCUT2D eigenvalue weighted by Gasteiger charge is -2.09. The Labute approximate surface area is 196 Å². The van der Waals surface area contributed by atoms with Crippen molar-refractivity contribution in [3.8, 4) is 5.75 Å². The molecule has 0 saturated heterocycles. The zero-order valence-electron chi connectivity index (χ0n) is 17.5. The highest BCUT2D eigenvalue weighted by Crippen LogP contribution is 2.28. The van der Waals surface area contributed by atoms with Crippen LogP contribution < -0.4 is 16.2 Å². The van der Waals surface area contributed by atoms with E-state index in [4.69, 9.17) is 9.26 Å². The minimum atomic E-state index is -0.772. The molecule has 0 amide bonds. The van der Waals surface area contributed by atoms with E-state index in [1.165, 1.54) is 0 Å². The van der Waals surface area contributed by atoms with Gasteiger partial charge >= 0.3 is 11.4 Å². The highest BCUT2D eigenvalue weighted by molar-refractivity contribution is 9.10. The Morgan fingerprint density at radius 3 is 2.42 bits per heavy atom. The summed E-state index contributed by atoms with van der Waals surface area (Å²) in [5.74, 6) is -0.0569. The van der Waals surface area contributed by atoms with Gasteiger partial charge in [0.05, 0.1) is 6.54 Å². The molecule has 2 heterocycles. The third kappa shape index (κ3) is 4.70. The number of hydrogen-bond donors (Lipinski definition) is 1. The molecule has 5 rings (SSSR count). The molecule has 166 valence electrons. The number of nitrogens with zero attached hydrogens (tertiary/aromatic N) is 2. The fourth-order valence-electron chi connectivity index (χ4n) is 3.80. The lowest BCUT2D eigenvalue weighted by atomic mass is 10.1. The smallest absolute Gasteiger partial charge is 0.440 e. The van der Waals surface area contributed by atoms with Crippen LogP contribution in [0.3, 0.4) is 0 Å². The lowest BCUT2D eigenvalue weighted by molar-refractivity contribution is 0.258. The van der Waals surface area contributed by atoms with E-state index in [-0.39, 0.29) is 6.54 Å². The fraction of sp³-hybridized carbons (Fsp3) is 0.120. The van der Waals surface area contributed by atoms with Crippen LogP contribution in [-0.2, 0) is 19.7 Å². The first kappa shape index (κ1) is 21.1. The topological polar surface area (TPSA) is 82.2 Å².